The first-order chi connectivity index (χ1) is 8.16. The number of hydrogen-bond donors (Lipinski definition) is 2. The predicted octanol–water partition coefficient (Wildman–Crippen LogP) is -1.09. The highest BCUT2D eigenvalue weighted by Crippen LogP contribution is 2.25. The van der Waals surface area contributed by atoms with Gasteiger partial charge in [0.2, 0.25) is 0 Å². The fourth-order valence-electron chi connectivity index (χ4n) is 2.14. The molecule has 90 valence electrons. The number of fused-ring (bicyclic) bond motifs is 1. The molecule has 17 heavy (non-hydrogen) atoms. The molecule has 3 rings (SSSR count). The molecule has 1 aliphatic rings. The van der Waals surface area contributed by atoms with Gasteiger partial charge < -0.3 is 15.1 Å². The van der Waals surface area contributed by atoms with Crippen molar-refractivity contribution in [1.82, 2.24) is 19.7 Å². The van der Waals surface area contributed by atoms with Crippen LogP contribution in [0.5, 0.6) is 0 Å². The number of aliphatic hydroxyl groups is 2. The highest BCUT2D eigenvalue weighted by Gasteiger charge is 2.31. The van der Waals surface area contributed by atoms with Crippen molar-refractivity contribution in [1.29, 1.82) is 0 Å². The Morgan fingerprint density at radius 2 is 1.94 bits per heavy atom. The van der Waals surface area contributed by atoms with Crippen LogP contribution in [0.3, 0.4) is 0 Å². The molecule has 2 aromatic rings. The van der Waals surface area contributed by atoms with Crippen LogP contribution in [0.25, 0.3) is 11.0 Å². The van der Waals surface area contributed by atoms with Gasteiger partial charge in [0.05, 0.1) is 23.8 Å². The largest absolute Gasteiger partial charge is 0.389 e. The van der Waals surface area contributed by atoms with Crippen molar-refractivity contribution in [3.63, 3.8) is 0 Å². The molecule has 2 unspecified atom stereocenters. The Bertz CT molecular complexity index is 545. The van der Waals surface area contributed by atoms with E-state index in [4.69, 9.17) is 0 Å². The molecule has 0 amide bonds. The van der Waals surface area contributed by atoms with E-state index in [1.54, 1.807) is 10.9 Å². The summed E-state index contributed by atoms with van der Waals surface area (Å²) < 4.78 is 1.67. The maximum absolute atomic E-state index is 9.55. The molecule has 7 nitrogen and oxygen atoms in total. The second-order valence-corrected chi connectivity index (χ2v) is 4.24. The molecule has 2 atom stereocenters. The Morgan fingerprint density at radius 3 is 2.65 bits per heavy atom. The summed E-state index contributed by atoms with van der Waals surface area (Å²) in [4.78, 5) is 10.2. The van der Waals surface area contributed by atoms with Gasteiger partial charge in [0, 0.05) is 20.1 Å². The van der Waals surface area contributed by atoms with Gasteiger partial charge in [-0.25, -0.2) is 9.97 Å². The Hall–Kier alpha value is -1.73. The van der Waals surface area contributed by atoms with E-state index in [0.717, 1.165) is 11.0 Å². The molecule has 0 bridgehead atoms. The second-order valence-electron chi connectivity index (χ2n) is 4.24. The van der Waals surface area contributed by atoms with E-state index in [-0.39, 0.29) is 0 Å². The maximum Gasteiger partial charge on any atom is 0.163 e. The van der Waals surface area contributed by atoms with E-state index in [1.807, 2.05) is 11.9 Å². The molecule has 7 heteroatoms. The average Bonchev–Trinajstić information content (AvgIpc) is 2.84. The third-order valence-electron chi connectivity index (χ3n) is 3.07. The molecule has 0 radical (unpaired) electrons. The summed E-state index contributed by atoms with van der Waals surface area (Å²) in [6.45, 7) is 0.754. The topological polar surface area (TPSA) is 87.3 Å². The lowest BCUT2D eigenvalue weighted by Crippen LogP contribution is -2.22. The predicted molar refractivity (Wildman–Crippen MR) is 60.5 cm³/mol. The van der Waals surface area contributed by atoms with E-state index < -0.39 is 12.2 Å². The number of β-amino-alcohol motifs (C(OH)–C–C–N with tert-alkyl or cyclic N) is 2. The summed E-state index contributed by atoms with van der Waals surface area (Å²) >= 11 is 0. The smallest absolute Gasteiger partial charge is 0.163 e. The molecule has 0 saturated carbocycles. The van der Waals surface area contributed by atoms with Crippen LogP contribution in [-0.4, -0.2) is 55.3 Å². The minimum Gasteiger partial charge on any atom is -0.389 e. The van der Waals surface area contributed by atoms with Gasteiger partial charge >= 0.3 is 0 Å². The third-order valence-corrected chi connectivity index (χ3v) is 3.07. The number of aryl methyl sites for hydroxylation is 1. The second kappa shape index (κ2) is 3.64. The Kier molecular flexibility index (Phi) is 2.23. The van der Waals surface area contributed by atoms with Crippen molar-refractivity contribution >= 4 is 16.9 Å². The molecule has 0 aromatic carbocycles. The Labute approximate surface area is 97.3 Å². The van der Waals surface area contributed by atoms with Crippen molar-refractivity contribution in [2.75, 3.05) is 18.0 Å². The first-order valence-corrected chi connectivity index (χ1v) is 5.40. The molecule has 2 aromatic heterocycles. The lowest BCUT2D eigenvalue weighted by Gasteiger charge is -2.16. The molecule has 1 saturated heterocycles. The van der Waals surface area contributed by atoms with Gasteiger partial charge in [-0.1, -0.05) is 0 Å². The van der Waals surface area contributed by atoms with Gasteiger partial charge in [-0.05, 0) is 0 Å². The number of nitrogens with zero attached hydrogens (tertiary/aromatic N) is 5. The SMILES string of the molecule is Cn1ncc2c(N3CC(O)C(O)C3)ncnc21. The number of hydrogen-bond acceptors (Lipinski definition) is 6. The Morgan fingerprint density at radius 1 is 1.24 bits per heavy atom. The minimum absolute atomic E-state index is 0.377. The number of anilines is 1. The summed E-state index contributed by atoms with van der Waals surface area (Å²) in [6.07, 6.45) is 1.71. The van der Waals surface area contributed by atoms with E-state index in [2.05, 4.69) is 15.1 Å². The van der Waals surface area contributed by atoms with Crippen LogP contribution >= 0.6 is 0 Å². The molecule has 3 heterocycles. The summed E-state index contributed by atoms with van der Waals surface area (Å²) in [5.74, 6) is 0.707. The van der Waals surface area contributed by atoms with Crippen molar-refractivity contribution in [3.8, 4) is 0 Å². The van der Waals surface area contributed by atoms with Gasteiger partial charge in [0.15, 0.2) is 5.65 Å². The summed E-state index contributed by atoms with van der Waals surface area (Å²) in [5.41, 5.74) is 0.742. The molecular weight excluding hydrogens is 222 g/mol. The molecule has 2 N–H and O–H groups in total. The summed E-state index contributed by atoms with van der Waals surface area (Å²) in [6, 6.07) is 0. The molecule has 1 fully saturated rings. The van der Waals surface area contributed by atoms with Gasteiger partial charge in [-0.3, -0.25) is 4.68 Å². The van der Waals surface area contributed by atoms with E-state index in [1.165, 1.54) is 6.33 Å². The van der Waals surface area contributed by atoms with Crippen molar-refractivity contribution in [2.45, 2.75) is 12.2 Å². The normalized spacial score (nSPS) is 24.8. The fraction of sp³-hybridized carbons (Fsp3) is 0.500. The number of aromatic nitrogens is 4. The highest BCUT2D eigenvalue weighted by molar-refractivity contribution is 5.86. The van der Waals surface area contributed by atoms with Crippen LogP contribution in [0.2, 0.25) is 0 Å². The molecule has 0 aliphatic carbocycles. The maximum atomic E-state index is 9.55. The van der Waals surface area contributed by atoms with Crippen LogP contribution in [0, 0.1) is 0 Å². The van der Waals surface area contributed by atoms with Crippen LogP contribution in [-0.2, 0) is 7.05 Å². The average molecular weight is 235 g/mol. The number of aliphatic hydroxyl groups excluding tert-OH is 2. The Balaban J connectivity index is 2.06. The summed E-state index contributed by atoms with van der Waals surface area (Å²) in [7, 11) is 1.81. The monoisotopic (exact) mass is 235 g/mol. The minimum atomic E-state index is -0.725. The standard InChI is InChI=1S/C10H13N5O2/c1-14-9-6(2-13-14)10(12-5-11-9)15-3-7(16)8(17)4-15/h2,5,7-8,16-17H,3-4H2,1H3. The fourth-order valence-corrected chi connectivity index (χ4v) is 2.14. The molecular formula is C10H13N5O2. The lowest BCUT2D eigenvalue weighted by molar-refractivity contribution is 0.0572. The van der Waals surface area contributed by atoms with Gasteiger partial charge in [-0.15, -0.1) is 0 Å². The van der Waals surface area contributed by atoms with Crippen LogP contribution < -0.4 is 4.90 Å². The zero-order valence-electron chi connectivity index (χ0n) is 9.35. The highest BCUT2D eigenvalue weighted by atomic mass is 16.3. The van der Waals surface area contributed by atoms with Crippen molar-refractivity contribution in [2.24, 2.45) is 7.05 Å². The van der Waals surface area contributed by atoms with Crippen molar-refractivity contribution < 1.29 is 10.2 Å². The van der Waals surface area contributed by atoms with Gasteiger partial charge in [0.25, 0.3) is 0 Å². The third kappa shape index (κ3) is 1.55. The van der Waals surface area contributed by atoms with Crippen LogP contribution in [0.15, 0.2) is 12.5 Å². The first kappa shape index (κ1) is 10.4. The van der Waals surface area contributed by atoms with Crippen LogP contribution in [0.1, 0.15) is 0 Å². The quantitative estimate of drug-likeness (QED) is 0.652. The van der Waals surface area contributed by atoms with E-state index in [0.29, 0.717) is 18.9 Å². The zero-order valence-corrected chi connectivity index (χ0v) is 9.35. The first-order valence-electron chi connectivity index (χ1n) is 5.40. The lowest BCUT2D eigenvalue weighted by atomic mass is 10.3. The number of rotatable bonds is 1. The van der Waals surface area contributed by atoms with E-state index >= 15 is 0 Å². The van der Waals surface area contributed by atoms with Crippen molar-refractivity contribution in [3.05, 3.63) is 12.5 Å². The zero-order chi connectivity index (χ0) is 12.0. The summed E-state index contributed by atoms with van der Waals surface area (Å²) in [5, 5.41) is 24.1. The van der Waals surface area contributed by atoms with Gasteiger partial charge in [0.1, 0.15) is 12.1 Å². The van der Waals surface area contributed by atoms with Gasteiger partial charge in [-0.2, -0.15) is 5.10 Å². The molecule has 1 aliphatic heterocycles. The van der Waals surface area contributed by atoms with Crippen LogP contribution in [0.4, 0.5) is 5.82 Å². The van der Waals surface area contributed by atoms with E-state index in [9.17, 15) is 10.2 Å². The molecule has 0 spiro atoms.